The molecule has 194 valence electrons. The molecule has 1 aliphatic rings. The molecule has 1 fully saturated rings. The molecule has 0 unspecified atom stereocenters. The highest BCUT2D eigenvalue weighted by atomic mass is 16.6. The van der Waals surface area contributed by atoms with E-state index in [-0.39, 0.29) is 17.9 Å². The maximum Gasteiger partial charge on any atom is 0.335 e. The summed E-state index contributed by atoms with van der Waals surface area (Å²) in [5.41, 5.74) is 2.93. The van der Waals surface area contributed by atoms with Crippen molar-refractivity contribution in [3.8, 4) is 11.5 Å². The molecule has 4 amide bonds. The topological polar surface area (TPSA) is 128 Å². The van der Waals surface area contributed by atoms with Crippen LogP contribution in [0.1, 0.15) is 29.2 Å². The molecular weight excluding hydrogens is 490 g/mol. The van der Waals surface area contributed by atoms with E-state index in [1.165, 1.54) is 18.2 Å². The van der Waals surface area contributed by atoms with E-state index < -0.39 is 22.8 Å². The molecule has 0 bridgehead atoms. The lowest BCUT2D eigenvalue weighted by Crippen LogP contribution is -2.54. The third-order valence-electron chi connectivity index (χ3n) is 5.66. The maximum absolute atomic E-state index is 13.3. The van der Waals surface area contributed by atoms with Crippen LogP contribution in [-0.2, 0) is 16.2 Å². The number of ether oxygens (including phenoxy) is 2. The first kappa shape index (κ1) is 26.1. The van der Waals surface area contributed by atoms with Crippen LogP contribution in [-0.4, -0.2) is 29.4 Å². The van der Waals surface area contributed by atoms with Crippen LogP contribution in [0.2, 0.25) is 0 Å². The number of anilines is 1. The SMILES string of the molecule is CCOc1cc(/C=C2\C(=O)NC(=O)N(c3cc(C)cc(C)c3)C2=O)ccc1OCc1cccc([N+](=O)[O-])c1. The number of non-ortho nitro benzene ring substituents is 1. The molecule has 1 saturated heterocycles. The predicted octanol–water partition coefficient (Wildman–Crippen LogP) is 4.86. The van der Waals surface area contributed by atoms with Gasteiger partial charge in [-0.05, 0) is 73.4 Å². The second-order valence-electron chi connectivity index (χ2n) is 8.66. The molecular formula is C28H25N3O7. The highest BCUT2D eigenvalue weighted by Gasteiger charge is 2.37. The molecule has 10 nitrogen and oxygen atoms in total. The number of rotatable bonds is 8. The molecule has 3 aromatic rings. The van der Waals surface area contributed by atoms with Gasteiger partial charge in [0, 0.05) is 12.1 Å². The van der Waals surface area contributed by atoms with E-state index >= 15 is 0 Å². The number of nitrogens with zero attached hydrogens (tertiary/aromatic N) is 2. The van der Waals surface area contributed by atoms with Gasteiger partial charge in [-0.15, -0.1) is 0 Å². The van der Waals surface area contributed by atoms with Gasteiger partial charge in [0.05, 0.1) is 17.2 Å². The lowest BCUT2D eigenvalue weighted by molar-refractivity contribution is -0.384. The molecule has 10 heteroatoms. The number of hydrogen-bond donors (Lipinski definition) is 1. The van der Waals surface area contributed by atoms with Gasteiger partial charge < -0.3 is 9.47 Å². The van der Waals surface area contributed by atoms with Crippen molar-refractivity contribution in [3.05, 3.63) is 98.6 Å². The van der Waals surface area contributed by atoms with Crippen LogP contribution in [0.3, 0.4) is 0 Å². The first-order chi connectivity index (χ1) is 18.2. The maximum atomic E-state index is 13.3. The Morgan fingerprint density at radius 2 is 1.68 bits per heavy atom. The van der Waals surface area contributed by atoms with Crippen LogP contribution in [0.25, 0.3) is 6.08 Å². The number of carbonyl (C=O) groups excluding carboxylic acids is 3. The fourth-order valence-corrected chi connectivity index (χ4v) is 4.06. The van der Waals surface area contributed by atoms with Crippen molar-refractivity contribution in [1.29, 1.82) is 0 Å². The third-order valence-corrected chi connectivity index (χ3v) is 5.66. The fraction of sp³-hybridized carbons (Fsp3) is 0.179. The first-order valence-electron chi connectivity index (χ1n) is 11.8. The molecule has 1 heterocycles. The monoisotopic (exact) mass is 515 g/mol. The number of nitrogens with one attached hydrogen (secondary N) is 1. The zero-order valence-corrected chi connectivity index (χ0v) is 21.0. The average molecular weight is 516 g/mol. The minimum absolute atomic E-state index is 0.0399. The summed E-state index contributed by atoms with van der Waals surface area (Å²) in [6.07, 6.45) is 1.38. The standard InChI is InChI=1S/C28H25N3O7/c1-4-37-25-15-19(8-9-24(25)38-16-20-6-5-7-21(13-20)31(35)36)14-23-26(32)29-28(34)30(27(23)33)22-11-17(2)10-18(3)12-22/h5-15H,4,16H2,1-3H3,(H,29,32,34)/b23-14+. The highest BCUT2D eigenvalue weighted by Crippen LogP contribution is 2.31. The van der Waals surface area contributed by atoms with Gasteiger partial charge in [0.25, 0.3) is 17.5 Å². The number of imide groups is 2. The van der Waals surface area contributed by atoms with E-state index in [9.17, 15) is 24.5 Å². The summed E-state index contributed by atoms with van der Waals surface area (Å²) in [5, 5.41) is 13.3. The number of benzene rings is 3. The van der Waals surface area contributed by atoms with Crippen molar-refractivity contribution in [1.82, 2.24) is 5.32 Å². The Kier molecular flexibility index (Phi) is 7.52. The summed E-state index contributed by atoms with van der Waals surface area (Å²) in [6, 6.07) is 15.5. The lowest BCUT2D eigenvalue weighted by Gasteiger charge is -2.27. The van der Waals surface area contributed by atoms with Crippen LogP contribution in [0.15, 0.2) is 66.2 Å². The van der Waals surface area contributed by atoms with Crippen molar-refractivity contribution in [3.63, 3.8) is 0 Å². The van der Waals surface area contributed by atoms with Crippen molar-refractivity contribution >= 4 is 35.3 Å². The van der Waals surface area contributed by atoms with Gasteiger partial charge in [-0.1, -0.05) is 24.3 Å². The molecule has 0 saturated carbocycles. The molecule has 0 radical (unpaired) electrons. The zero-order chi connectivity index (χ0) is 27.4. The quantitative estimate of drug-likeness (QED) is 0.196. The van der Waals surface area contributed by atoms with E-state index in [1.54, 1.807) is 49.4 Å². The summed E-state index contributed by atoms with van der Waals surface area (Å²) in [6.45, 7) is 5.88. The molecule has 0 spiro atoms. The molecule has 1 aliphatic heterocycles. The number of nitro groups is 1. The van der Waals surface area contributed by atoms with Crippen LogP contribution >= 0.6 is 0 Å². The van der Waals surface area contributed by atoms with Crippen molar-refractivity contribution in [2.24, 2.45) is 0 Å². The Bertz CT molecular complexity index is 1460. The summed E-state index contributed by atoms with van der Waals surface area (Å²) in [7, 11) is 0. The van der Waals surface area contributed by atoms with Gasteiger partial charge in [0.15, 0.2) is 11.5 Å². The second-order valence-corrected chi connectivity index (χ2v) is 8.66. The van der Waals surface area contributed by atoms with Crippen molar-refractivity contribution in [2.75, 3.05) is 11.5 Å². The van der Waals surface area contributed by atoms with Gasteiger partial charge in [-0.25, -0.2) is 9.69 Å². The van der Waals surface area contributed by atoms with E-state index in [0.29, 0.717) is 34.9 Å². The third kappa shape index (κ3) is 5.70. The Morgan fingerprint density at radius 3 is 2.37 bits per heavy atom. The number of aryl methyl sites for hydroxylation is 2. The number of carbonyl (C=O) groups is 3. The Hall–Kier alpha value is -4.99. The highest BCUT2D eigenvalue weighted by molar-refractivity contribution is 6.39. The van der Waals surface area contributed by atoms with E-state index in [0.717, 1.165) is 16.0 Å². The number of urea groups is 1. The largest absolute Gasteiger partial charge is 0.490 e. The molecule has 4 rings (SSSR count). The van der Waals surface area contributed by atoms with Gasteiger partial charge in [0.1, 0.15) is 12.2 Å². The zero-order valence-electron chi connectivity index (χ0n) is 21.0. The van der Waals surface area contributed by atoms with Gasteiger partial charge in [-0.3, -0.25) is 25.0 Å². The van der Waals surface area contributed by atoms with Gasteiger partial charge in [-0.2, -0.15) is 0 Å². The predicted molar refractivity (Wildman–Crippen MR) is 140 cm³/mol. The molecule has 1 N–H and O–H groups in total. The average Bonchev–Trinajstić information content (AvgIpc) is 2.85. The second kappa shape index (κ2) is 11.0. The van der Waals surface area contributed by atoms with Gasteiger partial charge >= 0.3 is 6.03 Å². The fourth-order valence-electron chi connectivity index (χ4n) is 4.06. The Morgan fingerprint density at radius 1 is 0.947 bits per heavy atom. The van der Waals surface area contributed by atoms with Gasteiger partial charge in [0.2, 0.25) is 0 Å². The number of hydrogen-bond acceptors (Lipinski definition) is 7. The summed E-state index contributed by atoms with van der Waals surface area (Å²) in [4.78, 5) is 49.9. The van der Waals surface area contributed by atoms with Crippen molar-refractivity contribution in [2.45, 2.75) is 27.4 Å². The van der Waals surface area contributed by atoms with E-state index in [4.69, 9.17) is 9.47 Å². The number of amides is 4. The van der Waals surface area contributed by atoms with Crippen molar-refractivity contribution < 1.29 is 28.8 Å². The molecule has 38 heavy (non-hydrogen) atoms. The Balaban J connectivity index is 1.61. The van der Waals surface area contributed by atoms with Crippen LogP contribution in [0.4, 0.5) is 16.2 Å². The Labute approximate surface area is 218 Å². The smallest absolute Gasteiger partial charge is 0.335 e. The van der Waals surface area contributed by atoms with Crippen LogP contribution < -0.4 is 19.7 Å². The lowest BCUT2D eigenvalue weighted by atomic mass is 10.0. The minimum Gasteiger partial charge on any atom is -0.490 e. The molecule has 3 aromatic carbocycles. The van der Waals surface area contributed by atoms with E-state index in [1.807, 2.05) is 19.9 Å². The number of barbiturate groups is 1. The molecule has 0 aromatic heterocycles. The van der Waals surface area contributed by atoms with Crippen LogP contribution in [0.5, 0.6) is 11.5 Å². The minimum atomic E-state index is -0.818. The summed E-state index contributed by atoms with van der Waals surface area (Å²) in [5.74, 6) is -0.803. The number of nitro benzene ring substituents is 1. The van der Waals surface area contributed by atoms with Crippen LogP contribution in [0, 0.1) is 24.0 Å². The summed E-state index contributed by atoms with van der Waals surface area (Å²) < 4.78 is 11.5. The molecule has 0 aliphatic carbocycles. The van der Waals surface area contributed by atoms with E-state index in [2.05, 4.69) is 5.32 Å². The normalized spacial score (nSPS) is 14.4. The molecule has 0 atom stereocenters. The summed E-state index contributed by atoms with van der Waals surface area (Å²) >= 11 is 0. The first-order valence-corrected chi connectivity index (χ1v) is 11.8.